The molecule has 0 bridgehead atoms. The lowest BCUT2D eigenvalue weighted by Gasteiger charge is -2.14. The first-order valence-electron chi connectivity index (χ1n) is 7.61. The van der Waals surface area contributed by atoms with E-state index in [-0.39, 0.29) is 6.61 Å². The zero-order chi connectivity index (χ0) is 15.5. The van der Waals surface area contributed by atoms with Gasteiger partial charge in [-0.05, 0) is 44.4 Å². The Kier molecular flexibility index (Phi) is 9.85. The highest BCUT2D eigenvalue weighted by Crippen LogP contribution is 2.32. The van der Waals surface area contributed by atoms with Crippen LogP contribution in [0.3, 0.4) is 0 Å². The van der Waals surface area contributed by atoms with Crippen LogP contribution in [0.25, 0.3) is 0 Å². The molecular weight excluding hydrogens is 309 g/mol. The molecule has 0 fully saturated rings. The molecule has 0 aliphatic heterocycles. The van der Waals surface area contributed by atoms with Gasteiger partial charge in [-0.1, -0.05) is 36.5 Å². The van der Waals surface area contributed by atoms with Crippen molar-refractivity contribution in [1.29, 1.82) is 0 Å². The highest BCUT2D eigenvalue weighted by molar-refractivity contribution is 6.35. The van der Waals surface area contributed by atoms with Crippen LogP contribution >= 0.6 is 23.2 Å². The molecule has 1 rings (SSSR count). The monoisotopic (exact) mass is 333 g/mol. The van der Waals surface area contributed by atoms with Gasteiger partial charge in [-0.2, -0.15) is 0 Å². The van der Waals surface area contributed by atoms with E-state index < -0.39 is 0 Å². The summed E-state index contributed by atoms with van der Waals surface area (Å²) in [5, 5.41) is 13.3. The van der Waals surface area contributed by atoms with Gasteiger partial charge in [0.1, 0.15) is 5.75 Å². The maximum absolute atomic E-state index is 8.73. The molecule has 21 heavy (non-hydrogen) atoms. The molecule has 120 valence electrons. The van der Waals surface area contributed by atoms with Gasteiger partial charge in [0.2, 0.25) is 0 Å². The summed E-state index contributed by atoms with van der Waals surface area (Å²) in [6, 6.07) is 3.62. The van der Waals surface area contributed by atoms with E-state index in [1.165, 1.54) is 0 Å². The summed E-state index contributed by atoms with van der Waals surface area (Å²) in [5.74, 6) is 0.729. The Morgan fingerprint density at radius 2 is 1.90 bits per heavy atom. The summed E-state index contributed by atoms with van der Waals surface area (Å²) in [7, 11) is 0. The number of rotatable bonds is 11. The number of aliphatic hydroxyl groups excluding tert-OH is 1. The summed E-state index contributed by atoms with van der Waals surface area (Å²) in [6.45, 7) is 4.67. The largest absolute Gasteiger partial charge is 0.492 e. The highest BCUT2D eigenvalue weighted by Gasteiger charge is 2.10. The lowest BCUT2D eigenvalue weighted by molar-refractivity contribution is 0.273. The van der Waals surface area contributed by atoms with Crippen LogP contribution in [0.5, 0.6) is 5.75 Å². The third-order valence-corrected chi connectivity index (χ3v) is 3.63. The summed E-state index contributed by atoms with van der Waals surface area (Å²) in [6.07, 6.45) is 4.97. The Hall–Kier alpha value is -0.480. The van der Waals surface area contributed by atoms with Gasteiger partial charge < -0.3 is 15.2 Å². The second-order valence-electron chi connectivity index (χ2n) is 5.04. The molecule has 1 aromatic rings. The molecular formula is C16H25Cl2NO2. The van der Waals surface area contributed by atoms with E-state index in [4.69, 9.17) is 33.0 Å². The number of hydrogen-bond acceptors (Lipinski definition) is 3. The van der Waals surface area contributed by atoms with Crippen molar-refractivity contribution >= 4 is 23.2 Å². The summed E-state index contributed by atoms with van der Waals surface area (Å²) in [5.41, 5.74) is 0.997. The van der Waals surface area contributed by atoms with Crippen LogP contribution in [-0.4, -0.2) is 24.9 Å². The fourth-order valence-electron chi connectivity index (χ4n) is 2.05. The predicted octanol–water partition coefficient (Wildman–Crippen LogP) is 4.42. The first-order chi connectivity index (χ1) is 10.2. The first kappa shape index (κ1) is 18.6. The average Bonchev–Trinajstić information content (AvgIpc) is 2.45. The van der Waals surface area contributed by atoms with Crippen molar-refractivity contribution in [2.45, 2.75) is 45.6 Å². The lowest BCUT2D eigenvalue weighted by Crippen LogP contribution is -2.15. The number of hydrogen-bond donors (Lipinski definition) is 2. The fourth-order valence-corrected chi connectivity index (χ4v) is 2.64. The van der Waals surface area contributed by atoms with E-state index in [0.717, 1.165) is 50.0 Å². The van der Waals surface area contributed by atoms with Crippen LogP contribution in [-0.2, 0) is 6.54 Å². The SMILES string of the molecule is CCCNCc1cc(Cl)cc(Cl)c1OCCCCCCO. The highest BCUT2D eigenvalue weighted by atomic mass is 35.5. The van der Waals surface area contributed by atoms with Crippen molar-refractivity contribution in [3.05, 3.63) is 27.7 Å². The minimum absolute atomic E-state index is 0.261. The molecule has 0 radical (unpaired) electrons. The molecule has 3 nitrogen and oxygen atoms in total. The Labute approximate surface area is 137 Å². The number of benzene rings is 1. The topological polar surface area (TPSA) is 41.5 Å². The van der Waals surface area contributed by atoms with E-state index >= 15 is 0 Å². The molecule has 1 aromatic carbocycles. The fraction of sp³-hybridized carbons (Fsp3) is 0.625. The standard InChI is InChI=1S/C16H25Cl2NO2/c1-2-7-19-12-13-10-14(17)11-15(18)16(13)21-9-6-4-3-5-8-20/h10-11,19-20H,2-9,12H2,1H3. The van der Waals surface area contributed by atoms with Gasteiger partial charge in [-0.3, -0.25) is 0 Å². The van der Waals surface area contributed by atoms with Gasteiger partial charge in [0.15, 0.2) is 0 Å². The molecule has 0 unspecified atom stereocenters. The smallest absolute Gasteiger partial charge is 0.142 e. The van der Waals surface area contributed by atoms with E-state index in [1.807, 2.05) is 6.07 Å². The van der Waals surface area contributed by atoms with Gasteiger partial charge in [-0.25, -0.2) is 0 Å². The van der Waals surface area contributed by atoms with Crippen molar-refractivity contribution in [3.63, 3.8) is 0 Å². The Balaban J connectivity index is 2.53. The van der Waals surface area contributed by atoms with Crippen LogP contribution in [0.4, 0.5) is 0 Å². The third kappa shape index (κ3) is 7.37. The Morgan fingerprint density at radius 3 is 2.62 bits per heavy atom. The zero-order valence-corrected chi connectivity index (χ0v) is 14.1. The lowest BCUT2D eigenvalue weighted by atomic mass is 10.2. The molecule has 0 saturated heterocycles. The summed E-state index contributed by atoms with van der Waals surface area (Å²) >= 11 is 12.3. The minimum Gasteiger partial charge on any atom is -0.492 e. The van der Waals surface area contributed by atoms with Crippen LogP contribution in [0.15, 0.2) is 12.1 Å². The van der Waals surface area contributed by atoms with Gasteiger partial charge in [0, 0.05) is 23.7 Å². The Morgan fingerprint density at radius 1 is 1.14 bits per heavy atom. The van der Waals surface area contributed by atoms with Crippen molar-refractivity contribution in [1.82, 2.24) is 5.32 Å². The molecule has 0 heterocycles. The number of ether oxygens (including phenoxy) is 1. The van der Waals surface area contributed by atoms with Gasteiger partial charge >= 0.3 is 0 Å². The van der Waals surface area contributed by atoms with E-state index in [2.05, 4.69) is 12.2 Å². The van der Waals surface area contributed by atoms with Gasteiger partial charge in [0.25, 0.3) is 0 Å². The van der Waals surface area contributed by atoms with Gasteiger partial charge in [-0.15, -0.1) is 0 Å². The number of halogens is 2. The van der Waals surface area contributed by atoms with E-state index in [1.54, 1.807) is 6.07 Å². The number of nitrogens with one attached hydrogen (secondary N) is 1. The van der Waals surface area contributed by atoms with Crippen molar-refractivity contribution in [3.8, 4) is 5.75 Å². The summed E-state index contributed by atoms with van der Waals surface area (Å²) in [4.78, 5) is 0. The molecule has 2 N–H and O–H groups in total. The summed E-state index contributed by atoms with van der Waals surface area (Å²) < 4.78 is 5.84. The Bertz CT molecular complexity index is 414. The molecule has 0 spiro atoms. The number of unbranched alkanes of at least 4 members (excludes halogenated alkanes) is 3. The van der Waals surface area contributed by atoms with Crippen molar-refractivity contribution in [2.24, 2.45) is 0 Å². The van der Waals surface area contributed by atoms with Gasteiger partial charge in [0.05, 0.1) is 11.6 Å². The average molecular weight is 334 g/mol. The zero-order valence-electron chi connectivity index (χ0n) is 12.6. The maximum atomic E-state index is 8.73. The van der Waals surface area contributed by atoms with Crippen LogP contribution in [0, 0.1) is 0 Å². The second kappa shape index (κ2) is 11.1. The molecule has 0 amide bonds. The molecule has 0 aromatic heterocycles. The normalized spacial score (nSPS) is 10.9. The van der Waals surface area contributed by atoms with Crippen molar-refractivity contribution in [2.75, 3.05) is 19.8 Å². The quantitative estimate of drug-likeness (QED) is 0.589. The molecule has 5 heteroatoms. The van der Waals surface area contributed by atoms with Crippen LogP contribution < -0.4 is 10.1 Å². The first-order valence-corrected chi connectivity index (χ1v) is 8.37. The van der Waals surface area contributed by atoms with E-state index in [9.17, 15) is 0 Å². The second-order valence-corrected chi connectivity index (χ2v) is 5.88. The third-order valence-electron chi connectivity index (χ3n) is 3.13. The number of aliphatic hydroxyl groups is 1. The molecule has 0 aliphatic carbocycles. The molecule has 0 atom stereocenters. The predicted molar refractivity (Wildman–Crippen MR) is 89.5 cm³/mol. The minimum atomic E-state index is 0.261. The van der Waals surface area contributed by atoms with Crippen LogP contribution in [0.2, 0.25) is 10.0 Å². The van der Waals surface area contributed by atoms with Crippen molar-refractivity contribution < 1.29 is 9.84 Å². The molecule has 0 saturated carbocycles. The van der Waals surface area contributed by atoms with Crippen LogP contribution in [0.1, 0.15) is 44.6 Å². The van der Waals surface area contributed by atoms with E-state index in [0.29, 0.717) is 23.2 Å². The maximum Gasteiger partial charge on any atom is 0.142 e. The molecule has 0 aliphatic rings.